The van der Waals surface area contributed by atoms with Crippen molar-refractivity contribution in [3.8, 4) is 69.3 Å². The van der Waals surface area contributed by atoms with Crippen LogP contribution in [0.15, 0.2) is 81.8 Å². The Labute approximate surface area is 391 Å². The molecule has 1 fully saturated rings. The number of aliphatic hydroxyl groups is 3. The first-order chi connectivity index (χ1) is 32.9. The van der Waals surface area contributed by atoms with E-state index < -0.39 is 30.6 Å². The number of fused-ring (bicyclic) bond motifs is 2. The predicted octanol–water partition coefficient (Wildman–Crippen LogP) is 5.76. The quantitative estimate of drug-likeness (QED) is 0.0642. The van der Waals surface area contributed by atoms with Gasteiger partial charge in [-0.05, 0) is 105 Å². The van der Waals surface area contributed by atoms with E-state index in [2.05, 4.69) is 48.7 Å². The molecule has 0 bridgehead atoms. The number of nitriles is 2. The highest BCUT2D eigenvalue weighted by Gasteiger charge is 2.40. The van der Waals surface area contributed by atoms with Crippen LogP contribution in [0.5, 0.6) is 11.5 Å². The van der Waals surface area contributed by atoms with Crippen molar-refractivity contribution >= 4 is 5.97 Å². The second-order valence-corrected chi connectivity index (χ2v) is 17.6. The molecule has 1 aliphatic heterocycles. The Morgan fingerprint density at radius 2 is 1.37 bits per heavy atom. The average Bonchev–Trinajstić information content (AvgIpc) is 4.17. The molecule has 2 aliphatic carbocycles. The smallest absolute Gasteiger partial charge is 0.309 e. The van der Waals surface area contributed by atoms with E-state index in [1.807, 2.05) is 44.2 Å². The number of benzene rings is 4. The van der Waals surface area contributed by atoms with Crippen molar-refractivity contribution in [1.29, 1.82) is 10.5 Å². The normalized spacial score (nSPS) is 18.5. The van der Waals surface area contributed by atoms with Crippen LogP contribution in [0.1, 0.15) is 79.1 Å². The summed E-state index contributed by atoms with van der Waals surface area (Å²) in [4.78, 5) is 22.9. The minimum absolute atomic E-state index is 0.0224. The van der Waals surface area contributed by atoms with Gasteiger partial charge in [0, 0.05) is 54.0 Å². The molecule has 0 saturated carbocycles. The SMILES string of the molecule is CC(C)Oc1ccc(-c2nc(-c3cccc4c3CC[C@@H]4NC[C@@H](O)[C@H](O)[C@H](O)COC(C)Oc3ccc(-c4nc(-c5cccc6c5CC[C@@H]6N5CC(C(=O)O)C5)no4)cc3C#N)no2)cc1C#N. The molecule has 6 atom stereocenters. The predicted molar refractivity (Wildman–Crippen MR) is 242 cm³/mol. The van der Waals surface area contributed by atoms with E-state index in [0.29, 0.717) is 60.0 Å². The first-order valence-corrected chi connectivity index (χ1v) is 22.6. The highest BCUT2D eigenvalue weighted by molar-refractivity contribution is 5.72. The molecule has 3 heterocycles. The van der Waals surface area contributed by atoms with Gasteiger partial charge in [0.05, 0.1) is 35.9 Å². The van der Waals surface area contributed by atoms with E-state index >= 15 is 0 Å². The number of aliphatic carboxylic acids is 1. The fourth-order valence-corrected chi connectivity index (χ4v) is 9.27. The lowest BCUT2D eigenvalue weighted by atomic mass is 9.94. The van der Waals surface area contributed by atoms with E-state index in [9.17, 15) is 35.7 Å². The Kier molecular flexibility index (Phi) is 13.3. The molecule has 1 saturated heterocycles. The molecule has 0 amide bonds. The van der Waals surface area contributed by atoms with E-state index in [1.165, 1.54) is 0 Å². The van der Waals surface area contributed by atoms with E-state index in [1.54, 1.807) is 43.3 Å². The number of carboxylic acids is 1. The fourth-order valence-electron chi connectivity index (χ4n) is 9.27. The Hall–Kier alpha value is -7.03. The van der Waals surface area contributed by atoms with Crippen molar-refractivity contribution in [1.82, 2.24) is 30.5 Å². The van der Waals surface area contributed by atoms with Crippen LogP contribution in [0.4, 0.5) is 0 Å². The second-order valence-electron chi connectivity index (χ2n) is 17.6. The summed E-state index contributed by atoms with van der Waals surface area (Å²) in [6.07, 6.45) is -2.30. The van der Waals surface area contributed by atoms with Gasteiger partial charge in [-0.15, -0.1) is 0 Å². The average molecular weight is 923 g/mol. The summed E-state index contributed by atoms with van der Waals surface area (Å²) >= 11 is 0. The Bertz CT molecular complexity index is 2900. The molecule has 3 aliphatic rings. The molecule has 18 heteroatoms. The van der Waals surface area contributed by atoms with Crippen LogP contribution in [0, 0.1) is 28.6 Å². The van der Waals surface area contributed by atoms with Gasteiger partial charge in [-0.1, -0.05) is 46.7 Å². The van der Waals surface area contributed by atoms with Crippen LogP contribution in [0.3, 0.4) is 0 Å². The van der Waals surface area contributed by atoms with Crippen LogP contribution in [-0.4, -0.2) is 109 Å². The van der Waals surface area contributed by atoms with Gasteiger partial charge in [-0.25, -0.2) is 0 Å². The number of hydrogen-bond donors (Lipinski definition) is 5. The van der Waals surface area contributed by atoms with Crippen LogP contribution < -0.4 is 14.8 Å². The summed E-state index contributed by atoms with van der Waals surface area (Å²) in [6.45, 7) is 6.03. The summed E-state index contributed by atoms with van der Waals surface area (Å²) in [5.74, 6) is 0.883. The highest BCUT2D eigenvalue weighted by Crippen LogP contribution is 2.43. The second kappa shape index (κ2) is 19.7. The van der Waals surface area contributed by atoms with Gasteiger partial charge < -0.3 is 49.0 Å². The Morgan fingerprint density at radius 1 is 0.794 bits per heavy atom. The largest absolute Gasteiger partial charge is 0.490 e. The zero-order valence-corrected chi connectivity index (χ0v) is 37.6. The van der Waals surface area contributed by atoms with Crippen molar-refractivity contribution in [2.75, 3.05) is 26.2 Å². The molecule has 68 heavy (non-hydrogen) atoms. The lowest BCUT2D eigenvalue weighted by molar-refractivity contribution is -0.148. The molecule has 2 aromatic heterocycles. The van der Waals surface area contributed by atoms with Gasteiger partial charge >= 0.3 is 5.97 Å². The number of aromatic nitrogens is 4. The first-order valence-electron chi connectivity index (χ1n) is 22.6. The van der Waals surface area contributed by atoms with E-state index in [4.69, 9.17) is 23.3 Å². The van der Waals surface area contributed by atoms with Crippen molar-refractivity contribution in [3.05, 3.63) is 106 Å². The topological polar surface area (TPSA) is 266 Å². The van der Waals surface area contributed by atoms with Crippen LogP contribution >= 0.6 is 0 Å². The third kappa shape index (κ3) is 9.43. The molecule has 350 valence electrons. The Morgan fingerprint density at radius 3 is 1.96 bits per heavy atom. The van der Waals surface area contributed by atoms with Crippen molar-refractivity contribution in [2.24, 2.45) is 5.92 Å². The van der Waals surface area contributed by atoms with Gasteiger partial charge in [0.15, 0.2) is 6.29 Å². The molecule has 5 N–H and O–H groups in total. The molecular weight excluding hydrogens is 873 g/mol. The minimum Gasteiger partial charge on any atom is -0.490 e. The van der Waals surface area contributed by atoms with Crippen LogP contribution in [0.2, 0.25) is 0 Å². The number of rotatable bonds is 18. The monoisotopic (exact) mass is 922 g/mol. The third-order valence-electron chi connectivity index (χ3n) is 12.8. The first kappa shape index (κ1) is 46.1. The van der Waals surface area contributed by atoms with Crippen molar-refractivity contribution in [2.45, 2.75) is 89.2 Å². The van der Waals surface area contributed by atoms with Gasteiger partial charge in [0.2, 0.25) is 11.6 Å². The minimum atomic E-state index is -1.55. The lowest BCUT2D eigenvalue weighted by Gasteiger charge is -2.41. The maximum Gasteiger partial charge on any atom is 0.309 e. The summed E-state index contributed by atoms with van der Waals surface area (Å²) in [6, 6.07) is 26.0. The molecule has 9 rings (SSSR count). The highest BCUT2D eigenvalue weighted by atomic mass is 16.7. The van der Waals surface area contributed by atoms with Gasteiger partial charge in [0.1, 0.15) is 35.8 Å². The number of hydrogen-bond acceptors (Lipinski definition) is 17. The number of nitrogens with one attached hydrogen (secondary N) is 1. The summed E-state index contributed by atoms with van der Waals surface area (Å²) in [7, 11) is 0. The van der Waals surface area contributed by atoms with Gasteiger partial charge in [0.25, 0.3) is 11.8 Å². The van der Waals surface area contributed by atoms with Crippen LogP contribution in [0.25, 0.3) is 45.7 Å². The number of ether oxygens (including phenoxy) is 3. The maximum atomic E-state index is 11.4. The molecule has 0 spiro atoms. The molecule has 1 unspecified atom stereocenters. The summed E-state index contributed by atoms with van der Waals surface area (Å²) < 4.78 is 28.6. The maximum absolute atomic E-state index is 11.4. The number of likely N-dealkylation sites (tertiary alicyclic amines) is 1. The number of carbonyl (C=O) groups is 1. The number of carboxylic acid groups (broad SMARTS) is 1. The standard InChI is InChI=1S/C50H50N8O10/c1-26(2)65-43-16-10-28(18-30(43)20-51)48-54-46(56-67-48)37-8-4-6-35-33(37)12-14-39(35)53-22-41(59)45(61)42(60)25-64-27(3)66-44-17-11-29(19-31(44)21-52)49-55-47(57-68-49)38-9-5-7-36-34(38)13-15-40(36)58-23-32(24-58)50(62)63/h4-11,16-19,26-27,32,39-42,45,53,59-61H,12-15,22-25H2,1-3H3,(H,62,63)/t27?,39-,40-,41+,42+,45-/m0/s1. The number of aliphatic hydroxyl groups excluding tert-OH is 3. The molecule has 0 radical (unpaired) electrons. The molecule has 4 aromatic carbocycles. The summed E-state index contributed by atoms with van der Waals surface area (Å²) in [5, 5.41) is 73.4. The van der Waals surface area contributed by atoms with E-state index in [-0.39, 0.29) is 60.4 Å². The summed E-state index contributed by atoms with van der Waals surface area (Å²) in [5.41, 5.74) is 7.54. The fraction of sp³-hybridized carbons (Fsp3) is 0.380. The third-order valence-corrected chi connectivity index (χ3v) is 12.8. The van der Waals surface area contributed by atoms with Crippen LogP contribution in [-0.2, 0) is 22.4 Å². The Balaban J connectivity index is 0.762. The number of nitrogens with zero attached hydrogens (tertiary/aromatic N) is 7. The zero-order valence-electron chi connectivity index (χ0n) is 37.6. The zero-order chi connectivity index (χ0) is 47.6. The molecule has 18 nitrogen and oxygen atoms in total. The van der Waals surface area contributed by atoms with Gasteiger partial charge in [-0.3, -0.25) is 9.69 Å². The molecule has 6 aromatic rings. The van der Waals surface area contributed by atoms with Crippen molar-refractivity contribution in [3.63, 3.8) is 0 Å². The van der Waals surface area contributed by atoms with E-state index in [0.717, 1.165) is 46.2 Å². The van der Waals surface area contributed by atoms with Gasteiger partial charge in [-0.2, -0.15) is 20.5 Å². The molecular formula is C50H50N8O10. The lowest BCUT2D eigenvalue weighted by Crippen LogP contribution is -2.51. The van der Waals surface area contributed by atoms with Crippen molar-refractivity contribution < 1.29 is 48.5 Å².